The average Bonchev–Trinajstić information content (AvgIpc) is 2.38. The van der Waals surface area contributed by atoms with Gasteiger partial charge in [-0.3, -0.25) is 4.79 Å². The molecule has 18 heavy (non-hydrogen) atoms. The first-order valence-corrected chi connectivity index (χ1v) is 6.59. The van der Waals surface area contributed by atoms with Gasteiger partial charge in [-0.15, -0.1) is 0 Å². The third kappa shape index (κ3) is 4.13. The summed E-state index contributed by atoms with van der Waals surface area (Å²) in [5.74, 6) is 0.153. The lowest BCUT2D eigenvalue weighted by molar-refractivity contribution is -0.117. The Labute approximate surface area is 115 Å². The van der Waals surface area contributed by atoms with E-state index in [0.717, 1.165) is 6.42 Å². The third-order valence-corrected chi connectivity index (χ3v) is 3.41. The minimum absolute atomic E-state index is 0.0577. The van der Waals surface area contributed by atoms with Gasteiger partial charge in [0.2, 0.25) is 5.91 Å². The first kappa shape index (κ1) is 14.7. The maximum atomic E-state index is 11.8. The van der Waals surface area contributed by atoms with Crippen LogP contribution in [0, 0.1) is 17.2 Å². The lowest BCUT2D eigenvalue weighted by atomic mass is 10.0. The molecule has 0 saturated heterocycles. The van der Waals surface area contributed by atoms with Crippen molar-refractivity contribution >= 4 is 27.5 Å². The molecule has 1 rings (SSSR count). The zero-order valence-corrected chi connectivity index (χ0v) is 11.8. The first-order valence-electron chi connectivity index (χ1n) is 5.80. The maximum Gasteiger partial charge on any atom is 0.224 e. The van der Waals surface area contributed by atoms with Crippen LogP contribution in [0.4, 0.5) is 5.69 Å². The van der Waals surface area contributed by atoms with Crippen molar-refractivity contribution < 1.29 is 4.79 Å². The van der Waals surface area contributed by atoms with Gasteiger partial charge in [-0.2, -0.15) is 5.26 Å². The monoisotopic (exact) mass is 309 g/mol. The Balaban J connectivity index is 2.68. The van der Waals surface area contributed by atoms with Crippen LogP contribution in [0.1, 0.15) is 25.3 Å². The van der Waals surface area contributed by atoms with Gasteiger partial charge >= 0.3 is 0 Å². The van der Waals surface area contributed by atoms with Crippen molar-refractivity contribution in [2.75, 3.05) is 11.9 Å². The van der Waals surface area contributed by atoms with E-state index in [2.05, 4.69) is 21.2 Å². The number of amides is 1. The zero-order valence-electron chi connectivity index (χ0n) is 10.2. The molecule has 96 valence electrons. The summed E-state index contributed by atoms with van der Waals surface area (Å²) in [6.45, 7) is 2.53. The molecule has 0 heterocycles. The highest BCUT2D eigenvalue weighted by molar-refractivity contribution is 9.10. The van der Waals surface area contributed by atoms with Gasteiger partial charge in [0.1, 0.15) is 0 Å². The molecule has 0 aliphatic heterocycles. The molecular weight excluding hydrogens is 294 g/mol. The molecule has 1 aromatic carbocycles. The van der Waals surface area contributed by atoms with Crippen LogP contribution in [-0.4, -0.2) is 12.5 Å². The summed E-state index contributed by atoms with van der Waals surface area (Å²) in [4.78, 5) is 11.8. The number of carbonyl (C=O) groups excluding carboxylic acids is 1. The van der Waals surface area contributed by atoms with E-state index in [1.54, 1.807) is 18.2 Å². The number of nitriles is 1. The minimum Gasteiger partial charge on any atom is -0.330 e. The average molecular weight is 310 g/mol. The zero-order chi connectivity index (χ0) is 13.5. The van der Waals surface area contributed by atoms with Gasteiger partial charge in [-0.1, -0.05) is 13.3 Å². The Kier molecular flexibility index (Phi) is 5.83. The molecule has 0 radical (unpaired) electrons. The van der Waals surface area contributed by atoms with Crippen molar-refractivity contribution in [2.45, 2.75) is 19.8 Å². The number of hydrogen-bond donors (Lipinski definition) is 2. The van der Waals surface area contributed by atoms with Gasteiger partial charge < -0.3 is 11.1 Å². The van der Waals surface area contributed by atoms with E-state index in [-0.39, 0.29) is 11.8 Å². The highest BCUT2D eigenvalue weighted by Gasteiger charge is 2.12. The van der Waals surface area contributed by atoms with Crippen LogP contribution in [0.15, 0.2) is 22.7 Å². The van der Waals surface area contributed by atoms with Crippen molar-refractivity contribution in [2.24, 2.45) is 11.7 Å². The Bertz CT molecular complexity index is 464. The van der Waals surface area contributed by atoms with Crippen LogP contribution in [0.25, 0.3) is 0 Å². The molecule has 0 aromatic heterocycles. The molecule has 5 heteroatoms. The molecule has 3 N–H and O–H groups in total. The first-order chi connectivity index (χ1) is 8.60. The molecule has 0 bridgehead atoms. The van der Waals surface area contributed by atoms with Gasteiger partial charge in [-0.25, -0.2) is 0 Å². The molecule has 4 nitrogen and oxygen atoms in total. The van der Waals surface area contributed by atoms with Crippen LogP contribution >= 0.6 is 15.9 Å². The Hall–Kier alpha value is -1.38. The minimum atomic E-state index is -0.0577. The lowest BCUT2D eigenvalue weighted by Gasteiger charge is -2.12. The molecule has 0 aliphatic rings. The second kappa shape index (κ2) is 7.14. The molecule has 0 aliphatic carbocycles. The third-order valence-electron chi connectivity index (χ3n) is 2.76. The quantitative estimate of drug-likeness (QED) is 0.877. The number of anilines is 1. The number of nitrogens with zero attached hydrogens (tertiary/aromatic N) is 1. The van der Waals surface area contributed by atoms with E-state index in [0.29, 0.717) is 28.7 Å². The summed E-state index contributed by atoms with van der Waals surface area (Å²) in [5.41, 5.74) is 6.79. The molecule has 1 aromatic rings. The molecule has 0 fully saturated rings. The predicted octanol–water partition coefficient (Wildman–Crippen LogP) is 2.63. The van der Waals surface area contributed by atoms with Crippen LogP contribution < -0.4 is 11.1 Å². The van der Waals surface area contributed by atoms with Gasteiger partial charge in [0.05, 0.1) is 17.3 Å². The van der Waals surface area contributed by atoms with Crippen LogP contribution in [0.2, 0.25) is 0 Å². The van der Waals surface area contributed by atoms with E-state index < -0.39 is 0 Å². The summed E-state index contributed by atoms with van der Waals surface area (Å²) < 4.78 is 0.704. The molecule has 1 amide bonds. The molecular formula is C13H16BrN3O. The second-order valence-electron chi connectivity index (χ2n) is 4.07. The van der Waals surface area contributed by atoms with Gasteiger partial charge in [0.15, 0.2) is 0 Å². The summed E-state index contributed by atoms with van der Waals surface area (Å²) in [7, 11) is 0. The topological polar surface area (TPSA) is 78.9 Å². The smallest absolute Gasteiger partial charge is 0.224 e. The number of nitrogens with two attached hydrogens (primary N) is 1. The fourth-order valence-corrected chi connectivity index (χ4v) is 2.02. The number of carbonyl (C=O) groups is 1. The summed E-state index contributed by atoms with van der Waals surface area (Å²) >= 11 is 3.33. The van der Waals surface area contributed by atoms with Crippen molar-refractivity contribution in [3.8, 4) is 6.07 Å². The second-order valence-corrected chi connectivity index (χ2v) is 4.92. The van der Waals surface area contributed by atoms with Crippen molar-refractivity contribution in [3.05, 3.63) is 28.2 Å². The van der Waals surface area contributed by atoms with E-state index in [1.807, 2.05) is 13.0 Å². The fourth-order valence-electron chi connectivity index (χ4n) is 1.54. The van der Waals surface area contributed by atoms with Crippen molar-refractivity contribution in [1.82, 2.24) is 0 Å². The van der Waals surface area contributed by atoms with E-state index in [9.17, 15) is 4.79 Å². The predicted molar refractivity (Wildman–Crippen MR) is 74.9 cm³/mol. The normalized spacial score (nSPS) is 11.7. The van der Waals surface area contributed by atoms with Crippen LogP contribution in [0.5, 0.6) is 0 Å². The maximum absolute atomic E-state index is 11.8. The number of halogens is 1. The molecule has 1 atom stereocenters. The van der Waals surface area contributed by atoms with Crippen molar-refractivity contribution in [3.63, 3.8) is 0 Å². The number of hydrogen-bond acceptors (Lipinski definition) is 3. The van der Waals surface area contributed by atoms with E-state index in [4.69, 9.17) is 11.0 Å². The standard InChI is InChI=1S/C13H16BrN3O/c1-2-9(7-15)6-13(18)17-12-4-3-10(8-16)5-11(12)14/h3-5,9H,2,6-7,15H2,1H3,(H,17,18). The van der Waals surface area contributed by atoms with Crippen LogP contribution in [0.3, 0.4) is 0 Å². The number of nitrogens with one attached hydrogen (secondary N) is 1. The molecule has 0 spiro atoms. The molecule has 1 unspecified atom stereocenters. The van der Waals surface area contributed by atoms with Crippen LogP contribution in [-0.2, 0) is 4.79 Å². The van der Waals surface area contributed by atoms with E-state index >= 15 is 0 Å². The lowest BCUT2D eigenvalue weighted by Crippen LogP contribution is -2.21. The summed E-state index contributed by atoms with van der Waals surface area (Å²) in [6, 6.07) is 7.10. The van der Waals surface area contributed by atoms with Gasteiger partial charge in [-0.05, 0) is 46.6 Å². The van der Waals surface area contributed by atoms with Gasteiger partial charge in [0, 0.05) is 10.9 Å². The Morgan fingerprint density at radius 1 is 1.61 bits per heavy atom. The Morgan fingerprint density at radius 3 is 2.83 bits per heavy atom. The van der Waals surface area contributed by atoms with E-state index in [1.165, 1.54) is 0 Å². The Morgan fingerprint density at radius 2 is 2.33 bits per heavy atom. The number of rotatable bonds is 5. The fraction of sp³-hybridized carbons (Fsp3) is 0.385. The SMILES string of the molecule is CCC(CN)CC(=O)Nc1ccc(C#N)cc1Br. The summed E-state index contributed by atoms with van der Waals surface area (Å²) in [6.07, 6.45) is 1.30. The number of benzene rings is 1. The largest absolute Gasteiger partial charge is 0.330 e. The van der Waals surface area contributed by atoms with Gasteiger partial charge in [0.25, 0.3) is 0 Å². The van der Waals surface area contributed by atoms with Crippen molar-refractivity contribution in [1.29, 1.82) is 5.26 Å². The highest BCUT2D eigenvalue weighted by Crippen LogP contribution is 2.24. The highest BCUT2D eigenvalue weighted by atomic mass is 79.9. The summed E-state index contributed by atoms with van der Waals surface area (Å²) in [5, 5.41) is 11.6. The molecule has 0 saturated carbocycles.